The largest absolute Gasteiger partial charge is 0.466 e. The Morgan fingerprint density at radius 2 is 2.00 bits per heavy atom. The third kappa shape index (κ3) is 5.71. The van der Waals surface area contributed by atoms with Crippen LogP contribution in [-0.2, 0) is 20.7 Å². The fourth-order valence-corrected chi connectivity index (χ4v) is 1.98. The molecule has 1 aromatic rings. The number of hydrogen-bond acceptors (Lipinski definition) is 3. The van der Waals surface area contributed by atoms with Crippen molar-refractivity contribution >= 4 is 11.8 Å². The second-order valence-corrected chi connectivity index (χ2v) is 4.53. The summed E-state index contributed by atoms with van der Waals surface area (Å²) in [7, 11) is 0. The molecule has 0 spiro atoms. The van der Waals surface area contributed by atoms with E-state index in [0.29, 0.717) is 13.0 Å². The normalized spacial score (nSPS) is 9.80. The molecule has 1 aromatic carbocycles. The van der Waals surface area contributed by atoms with Gasteiger partial charge in [0.05, 0.1) is 6.61 Å². The van der Waals surface area contributed by atoms with E-state index in [1.165, 1.54) is 0 Å². The maximum absolute atomic E-state index is 11.5. The zero-order chi connectivity index (χ0) is 14.8. The molecule has 106 valence electrons. The van der Waals surface area contributed by atoms with Crippen molar-refractivity contribution in [2.45, 2.75) is 39.0 Å². The van der Waals surface area contributed by atoms with Crippen molar-refractivity contribution in [3.63, 3.8) is 0 Å². The van der Waals surface area contributed by atoms with Gasteiger partial charge in [-0.05, 0) is 37.8 Å². The van der Waals surface area contributed by atoms with E-state index in [2.05, 4.69) is 5.92 Å². The topological polar surface area (TPSA) is 43.4 Å². The fraction of sp³-hybridized carbons (Fsp3) is 0.412. The molecule has 0 aromatic heterocycles. The lowest BCUT2D eigenvalue weighted by atomic mass is 10.0. The smallest absolute Gasteiger partial charge is 0.313 e. The van der Waals surface area contributed by atoms with Gasteiger partial charge < -0.3 is 4.74 Å². The van der Waals surface area contributed by atoms with Crippen molar-refractivity contribution in [1.29, 1.82) is 0 Å². The maximum atomic E-state index is 11.5. The molecule has 0 fully saturated rings. The minimum Gasteiger partial charge on any atom is -0.466 e. The van der Waals surface area contributed by atoms with Gasteiger partial charge in [0.1, 0.15) is 12.2 Å². The van der Waals surface area contributed by atoms with Gasteiger partial charge in [0.15, 0.2) is 0 Å². The van der Waals surface area contributed by atoms with Gasteiger partial charge in [-0.1, -0.05) is 24.1 Å². The summed E-state index contributed by atoms with van der Waals surface area (Å²) in [6.07, 6.45) is 8.23. The quantitative estimate of drug-likeness (QED) is 0.316. The first-order chi connectivity index (χ1) is 9.67. The molecule has 0 bridgehead atoms. The Labute approximate surface area is 120 Å². The van der Waals surface area contributed by atoms with Crippen molar-refractivity contribution in [2.75, 3.05) is 6.61 Å². The molecule has 0 saturated carbocycles. The van der Waals surface area contributed by atoms with E-state index in [1.807, 2.05) is 24.3 Å². The Hall–Kier alpha value is -2.08. The maximum Gasteiger partial charge on any atom is 0.313 e. The molecule has 0 aliphatic heterocycles. The lowest BCUT2D eigenvalue weighted by molar-refractivity contribution is -0.145. The number of terminal acetylenes is 1. The number of rotatable bonds is 8. The minimum absolute atomic E-state index is 0.0614. The second kappa shape index (κ2) is 8.92. The van der Waals surface area contributed by atoms with Crippen LogP contribution in [-0.4, -0.2) is 18.4 Å². The van der Waals surface area contributed by atoms with E-state index >= 15 is 0 Å². The zero-order valence-corrected chi connectivity index (χ0v) is 11.9. The molecule has 3 nitrogen and oxygen atoms in total. The van der Waals surface area contributed by atoms with Gasteiger partial charge in [0.2, 0.25) is 0 Å². The molecule has 0 aliphatic carbocycles. The van der Waals surface area contributed by atoms with Gasteiger partial charge in [-0.15, -0.1) is 6.42 Å². The van der Waals surface area contributed by atoms with Crippen LogP contribution in [0.5, 0.6) is 0 Å². The molecule has 3 heteroatoms. The first-order valence-corrected chi connectivity index (χ1v) is 6.89. The van der Waals surface area contributed by atoms with Crippen LogP contribution >= 0.6 is 0 Å². The van der Waals surface area contributed by atoms with Gasteiger partial charge in [-0.25, -0.2) is 0 Å². The molecule has 0 unspecified atom stereocenters. The van der Waals surface area contributed by atoms with Crippen molar-refractivity contribution in [3.05, 3.63) is 35.4 Å². The summed E-state index contributed by atoms with van der Waals surface area (Å²) in [5.74, 6) is 2.16. The lowest BCUT2D eigenvalue weighted by Gasteiger charge is -2.04. The number of Topliss-reactive ketones (excluding diaryl/α,β-unsaturated/α-hetero) is 1. The SMILES string of the molecule is C#Cc1ccccc1CCCCC(=O)CC(=O)OCC. The molecular formula is C17H20O3. The number of hydrogen-bond donors (Lipinski definition) is 0. The number of carbonyl (C=O) groups is 2. The number of benzene rings is 1. The summed E-state index contributed by atoms with van der Waals surface area (Å²) in [5.41, 5.74) is 2.04. The minimum atomic E-state index is -0.435. The highest BCUT2D eigenvalue weighted by Gasteiger charge is 2.09. The first kappa shape index (κ1) is 16.0. The number of aryl methyl sites for hydroxylation is 1. The van der Waals surface area contributed by atoms with Crippen LogP contribution < -0.4 is 0 Å². The van der Waals surface area contributed by atoms with E-state index in [4.69, 9.17) is 11.2 Å². The van der Waals surface area contributed by atoms with Crippen molar-refractivity contribution in [3.8, 4) is 12.3 Å². The van der Waals surface area contributed by atoms with E-state index in [1.54, 1.807) is 6.92 Å². The fourth-order valence-electron chi connectivity index (χ4n) is 1.98. The van der Waals surface area contributed by atoms with Crippen LogP contribution in [0.4, 0.5) is 0 Å². The molecule has 20 heavy (non-hydrogen) atoms. The highest BCUT2D eigenvalue weighted by molar-refractivity contribution is 5.95. The monoisotopic (exact) mass is 272 g/mol. The molecule has 0 aliphatic rings. The highest BCUT2D eigenvalue weighted by atomic mass is 16.5. The number of ether oxygens (including phenoxy) is 1. The third-order valence-electron chi connectivity index (χ3n) is 2.97. The summed E-state index contributed by atoms with van der Waals surface area (Å²) in [5, 5.41) is 0. The van der Waals surface area contributed by atoms with Crippen LogP contribution in [0.3, 0.4) is 0 Å². The Balaban J connectivity index is 2.27. The van der Waals surface area contributed by atoms with Crippen molar-refractivity contribution < 1.29 is 14.3 Å². The van der Waals surface area contributed by atoms with Crippen LogP contribution in [0.15, 0.2) is 24.3 Å². The Bertz CT molecular complexity index is 497. The van der Waals surface area contributed by atoms with Gasteiger partial charge in [-0.2, -0.15) is 0 Å². The van der Waals surface area contributed by atoms with E-state index in [0.717, 1.165) is 30.4 Å². The molecule has 0 N–H and O–H groups in total. The summed E-state index contributed by atoms with van der Waals surface area (Å²) < 4.78 is 4.74. The first-order valence-electron chi connectivity index (χ1n) is 6.89. The average molecular weight is 272 g/mol. The average Bonchev–Trinajstić information content (AvgIpc) is 2.44. The highest BCUT2D eigenvalue weighted by Crippen LogP contribution is 2.12. The Morgan fingerprint density at radius 3 is 2.70 bits per heavy atom. The molecule has 0 atom stereocenters. The summed E-state index contributed by atoms with van der Waals surface area (Å²) in [6, 6.07) is 7.81. The van der Waals surface area contributed by atoms with Gasteiger partial charge in [0.25, 0.3) is 0 Å². The Kier molecular flexibility index (Phi) is 7.13. The third-order valence-corrected chi connectivity index (χ3v) is 2.97. The van der Waals surface area contributed by atoms with Gasteiger partial charge in [0, 0.05) is 12.0 Å². The summed E-state index contributed by atoms with van der Waals surface area (Å²) >= 11 is 0. The van der Waals surface area contributed by atoms with Crippen molar-refractivity contribution in [2.24, 2.45) is 0 Å². The predicted octanol–water partition coefficient (Wildman–Crippen LogP) is 2.90. The zero-order valence-electron chi connectivity index (χ0n) is 11.9. The number of esters is 1. The molecule has 0 saturated heterocycles. The van der Waals surface area contributed by atoms with E-state index in [9.17, 15) is 9.59 Å². The number of carbonyl (C=O) groups excluding carboxylic acids is 2. The molecule has 0 radical (unpaired) electrons. The lowest BCUT2D eigenvalue weighted by Crippen LogP contribution is -2.10. The predicted molar refractivity (Wildman–Crippen MR) is 78.2 cm³/mol. The molecule has 1 rings (SSSR count). The second-order valence-electron chi connectivity index (χ2n) is 4.53. The van der Waals surface area contributed by atoms with E-state index in [-0.39, 0.29) is 12.2 Å². The number of ketones is 1. The Morgan fingerprint density at radius 1 is 1.25 bits per heavy atom. The van der Waals surface area contributed by atoms with Crippen LogP contribution in [0.1, 0.15) is 43.7 Å². The van der Waals surface area contributed by atoms with E-state index < -0.39 is 5.97 Å². The number of unbranched alkanes of at least 4 members (excludes halogenated alkanes) is 1. The summed E-state index contributed by atoms with van der Waals surface area (Å²) in [6.45, 7) is 2.04. The summed E-state index contributed by atoms with van der Waals surface area (Å²) in [4.78, 5) is 22.7. The molecular weight excluding hydrogens is 252 g/mol. The van der Waals surface area contributed by atoms with Gasteiger partial charge in [-0.3, -0.25) is 9.59 Å². The van der Waals surface area contributed by atoms with Crippen LogP contribution in [0.25, 0.3) is 0 Å². The molecule has 0 amide bonds. The van der Waals surface area contributed by atoms with Crippen LogP contribution in [0.2, 0.25) is 0 Å². The standard InChI is InChI=1S/C17H20O3/c1-3-14-9-5-6-10-15(14)11-7-8-12-16(18)13-17(19)20-4-2/h1,5-6,9-10H,4,7-8,11-13H2,2H3. The van der Waals surface area contributed by atoms with Gasteiger partial charge >= 0.3 is 5.97 Å². The van der Waals surface area contributed by atoms with Crippen LogP contribution in [0, 0.1) is 12.3 Å². The van der Waals surface area contributed by atoms with Crippen molar-refractivity contribution in [1.82, 2.24) is 0 Å². The molecule has 0 heterocycles.